The number of rotatable bonds is 3. The molecule has 6 heteroatoms. The molecule has 2 N–H and O–H groups in total. The first-order chi connectivity index (χ1) is 9.90. The summed E-state index contributed by atoms with van der Waals surface area (Å²) in [5, 5.41) is 11.3. The van der Waals surface area contributed by atoms with Crippen LogP contribution in [-0.2, 0) is 0 Å². The number of carboxylic acid groups (broad SMARTS) is 1. The SMILES string of the molecule is CC(C)C1CCCN1C(=O)Nc1ccc(C(=O)O)cc1F. The van der Waals surface area contributed by atoms with Gasteiger partial charge in [-0.1, -0.05) is 13.8 Å². The van der Waals surface area contributed by atoms with Crippen LogP contribution in [0.5, 0.6) is 0 Å². The Morgan fingerprint density at radius 3 is 2.71 bits per heavy atom. The summed E-state index contributed by atoms with van der Waals surface area (Å²) < 4.78 is 13.8. The standard InChI is InChI=1S/C15H19FN2O3/c1-9(2)13-4-3-7-18(13)15(21)17-12-6-5-10(14(19)20)8-11(12)16/h5-6,8-9,13H,3-4,7H2,1-2H3,(H,17,21)(H,19,20). The minimum absolute atomic E-state index is 0.000550. The number of carbonyl (C=O) groups is 2. The van der Waals surface area contributed by atoms with Gasteiger partial charge in [-0.15, -0.1) is 0 Å². The number of nitrogens with one attached hydrogen (secondary N) is 1. The number of urea groups is 1. The van der Waals surface area contributed by atoms with Crippen molar-refractivity contribution in [1.29, 1.82) is 0 Å². The summed E-state index contributed by atoms with van der Waals surface area (Å²) in [5.41, 5.74) is -0.147. The number of anilines is 1. The summed E-state index contributed by atoms with van der Waals surface area (Å²) in [6.45, 7) is 4.76. The van der Waals surface area contributed by atoms with Crippen LogP contribution in [-0.4, -0.2) is 34.6 Å². The van der Waals surface area contributed by atoms with Crippen molar-refractivity contribution in [2.75, 3.05) is 11.9 Å². The maximum absolute atomic E-state index is 13.8. The molecule has 1 unspecified atom stereocenters. The largest absolute Gasteiger partial charge is 0.478 e. The minimum atomic E-state index is -1.20. The lowest BCUT2D eigenvalue weighted by atomic mass is 10.0. The van der Waals surface area contributed by atoms with Crippen molar-refractivity contribution in [3.8, 4) is 0 Å². The Morgan fingerprint density at radius 2 is 2.14 bits per heavy atom. The highest BCUT2D eigenvalue weighted by molar-refractivity contribution is 5.92. The first-order valence-electron chi connectivity index (χ1n) is 7.00. The topological polar surface area (TPSA) is 69.6 Å². The molecule has 5 nitrogen and oxygen atoms in total. The molecule has 1 aromatic rings. The molecule has 21 heavy (non-hydrogen) atoms. The highest BCUT2D eigenvalue weighted by Crippen LogP contribution is 2.25. The quantitative estimate of drug-likeness (QED) is 0.899. The first-order valence-corrected chi connectivity index (χ1v) is 7.00. The van der Waals surface area contributed by atoms with E-state index in [9.17, 15) is 14.0 Å². The molecule has 2 rings (SSSR count). The van der Waals surface area contributed by atoms with Gasteiger partial charge in [0.1, 0.15) is 5.82 Å². The third-order valence-electron chi connectivity index (χ3n) is 3.79. The van der Waals surface area contributed by atoms with Crippen LogP contribution in [0.2, 0.25) is 0 Å². The van der Waals surface area contributed by atoms with Gasteiger partial charge in [0.25, 0.3) is 0 Å². The van der Waals surface area contributed by atoms with E-state index in [0.29, 0.717) is 12.5 Å². The Balaban J connectivity index is 2.11. The Kier molecular flexibility index (Phi) is 4.45. The van der Waals surface area contributed by atoms with Gasteiger partial charge in [0.05, 0.1) is 11.3 Å². The molecule has 114 valence electrons. The number of hydrogen-bond donors (Lipinski definition) is 2. The van der Waals surface area contributed by atoms with Crippen LogP contribution >= 0.6 is 0 Å². The highest BCUT2D eigenvalue weighted by atomic mass is 19.1. The van der Waals surface area contributed by atoms with Gasteiger partial charge < -0.3 is 15.3 Å². The van der Waals surface area contributed by atoms with Gasteiger partial charge in [-0.3, -0.25) is 0 Å². The molecule has 1 fully saturated rings. The second-order valence-electron chi connectivity index (χ2n) is 5.58. The Hall–Kier alpha value is -2.11. The van der Waals surface area contributed by atoms with Crippen LogP contribution < -0.4 is 5.32 Å². The van der Waals surface area contributed by atoms with E-state index in [1.54, 1.807) is 4.90 Å². The first kappa shape index (κ1) is 15.3. The third kappa shape index (κ3) is 3.32. The average Bonchev–Trinajstić information content (AvgIpc) is 2.90. The number of carbonyl (C=O) groups excluding carboxylic acids is 1. The normalized spacial score (nSPS) is 18.1. The number of nitrogens with zero attached hydrogens (tertiary/aromatic N) is 1. The van der Waals surface area contributed by atoms with E-state index in [4.69, 9.17) is 5.11 Å². The van der Waals surface area contributed by atoms with Crippen molar-refractivity contribution >= 4 is 17.7 Å². The molecule has 0 aliphatic carbocycles. The Labute approximate surface area is 122 Å². The van der Waals surface area contributed by atoms with E-state index in [2.05, 4.69) is 19.2 Å². The molecule has 1 aliphatic heterocycles. The molecular weight excluding hydrogens is 275 g/mol. The molecule has 0 spiro atoms. The van der Waals surface area contributed by atoms with Gasteiger partial charge >= 0.3 is 12.0 Å². The van der Waals surface area contributed by atoms with Gasteiger partial charge in [-0.25, -0.2) is 14.0 Å². The summed E-state index contributed by atoms with van der Waals surface area (Å²) in [5.74, 6) is -1.60. The van der Waals surface area contributed by atoms with E-state index in [1.165, 1.54) is 12.1 Å². The molecule has 1 heterocycles. The molecule has 2 amide bonds. The smallest absolute Gasteiger partial charge is 0.335 e. The monoisotopic (exact) mass is 294 g/mol. The number of halogens is 1. The van der Waals surface area contributed by atoms with Crippen molar-refractivity contribution in [1.82, 2.24) is 4.90 Å². The van der Waals surface area contributed by atoms with Crippen molar-refractivity contribution < 1.29 is 19.1 Å². The summed E-state index contributed by atoms with van der Waals surface area (Å²) in [6.07, 6.45) is 1.89. The summed E-state index contributed by atoms with van der Waals surface area (Å²) in [7, 11) is 0. The number of benzene rings is 1. The second-order valence-corrected chi connectivity index (χ2v) is 5.58. The maximum Gasteiger partial charge on any atom is 0.335 e. The second kappa shape index (κ2) is 6.11. The summed E-state index contributed by atoms with van der Waals surface area (Å²) in [4.78, 5) is 24.7. The van der Waals surface area contributed by atoms with E-state index in [-0.39, 0.29) is 23.3 Å². The molecule has 0 bridgehead atoms. The Bertz CT molecular complexity index is 560. The molecule has 1 saturated heterocycles. The number of hydrogen-bond acceptors (Lipinski definition) is 2. The fourth-order valence-corrected chi connectivity index (χ4v) is 2.67. The lowest BCUT2D eigenvalue weighted by molar-refractivity contribution is 0.0696. The van der Waals surface area contributed by atoms with E-state index >= 15 is 0 Å². The van der Waals surface area contributed by atoms with Crippen LogP contribution in [0.15, 0.2) is 18.2 Å². The van der Waals surface area contributed by atoms with Crippen LogP contribution in [0.25, 0.3) is 0 Å². The highest BCUT2D eigenvalue weighted by Gasteiger charge is 2.31. The zero-order valence-corrected chi connectivity index (χ0v) is 12.1. The van der Waals surface area contributed by atoms with Crippen molar-refractivity contribution in [2.24, 2.45) is 5.92 Å². The van der Waals surface area contributed by atoms with Gasteiger partial charge in [-0.2, -0.15) is 0 Å². The van der Waals surface area contributed by atoms with Crippen molar-refractivity contribution in [3.05, 3.63) is 29.6 Å². The van der Waals surface area contributed by atoms with Crippen molar-refractivity contribution in [2.45, 2.75) is 32.7 Å². The molecule has 0 saturated carbocycles. The number of carboxylic acids is 1. The fourth-order valence-electron chi connectivity index (χ4n) is 2.67. The fraction of sp³-hybridized carbons (Fsp3) is 0.467. The van der Waals surface area contributed by atoms with Crippen LogP contribution in [0.3, 0.4) is 0 Å². The zero-order chi connectivity index (χ0) is 15.6. The third-order valence-corrected chi connectivity index (χ3v) is 3.79. The van der Waals surface area contributed by atoms with E-state index in [0.717, 1.165) is 18.9 Å². The van der Waals surface area contributed by atoms with E-state index in [1.807, 2.05) is 0 Å². The van der Waals surface area contributed by atoms with Gasteiger partial charge in [0.2, 0.25) is 0 Å². The zero-order valence-electron chi connectivity index (χ0n) is 12.1. The van der Waals surface area contributed by atoms with Crippen LogP contribution in [0, 0.1) is 11.7 Å². The van der Waals surface area contributed by atoms with Gasteiger partial charge in [0.15, 0.2) is 0 Å². The molecule has 0 radical (unpaired) electrons. The number of amides is 2. The predicted molar refractivity (Wildman–Crippen MR) is 76.9 cm³/mol. The lowest BCUT2D eigenvalue weighted by Crippen LogP contribution is -2.41. The number of likely N-dealkylation sites (tertiary alicyclic amines) is 1. The van der Waals surface area contributed by atoms with Gasteiger partial charge in [0, 0.05) is 12.6 Å². The molecule has 1 atom stereocenters. The Morgan fingerprint density at radius 1 is 1.43 bits per heavy atom. The lowest BCUT2D eigenvalue weighted by Gasteiger charge is -2.27. The molecular formula is C15H19FN2O3. The molecule has 1 aromatic carbocycles. The maximum atomic E-state index is 13.8. The van der Waals surface area contributed by atoms with Gasteiger partial charge in [-0.05, 0) is 37.0 Å². The summed E-state index contributed by atoms with van der Waals surface area (Å²) in [6, 6.07) is 3.27. The molecule has 1 aliphatic rings. The molecule has 0 aromatic heterocycles. The van der Waals surface area contributed by atoms with Crippen LogP contribution in [0.4, 0.5) is 14.9 Å². The number of aromatic carboxylic acids is 1. The summed E-state index contributed by atoms with van der Waals surface area (Å²) >= 11 is 0. The van der Waals surface area contributed by atoms with E-state index < -0.39 is 11.8 Å². The minimum Gasteiger partial charge on any atom is -0.478 e. The predicted octanol–water partition coefficient (Wildman–Crippen LogP) is 3.18. The average molecular weight is 294 g/mol. The van der Waals surface area contributed by atoms with Crippen LogP contribution in [0.1, 0.15) is 37.0 Å². The van der Waals surface area contributed by atoms with Crippen molar-refractivity contribution in [3.63, 3.8) is 0 Å².